The summed E-state index contributed by atoms with van der Waals surface area (Å²) in [6, 6.07) is 7.51. The third-order valence-corrected chi connectivity index (χ3v) is 2.41. The number of hydrogen-bond acceptors (Lipinski definition) is 4. The van der Waals surface area contributed by atoms with E-state index in [9.17, 15) is 4.79 Å². The molecule has 4 heteroatoms. The highest BCUT2D eigenvalue weighted by molar-refractivity contribution is 5.69. The van der Waals surface area contributed by atoms with Gasteiger partial charge < -0.3 is 14.2 Å². The normalized spacial score (nSPS) is 9.89. The van der Waals surface area contributed by atoms with Crippen molar-refractivity contribution in [2.75, 3.05) is 20.3 Å². The van der Waals surface area contributed by atoms with E-state index in [1.165, 1.54) is 0 Å². The predicted octanol–water partition coefficient (Wildman–Crippen LogP) is 2.81. The van der Waals surface area contributed by atoms with Crippen LogP contribution in [0.4, 0.5) is 0 Å². The van der Waals surface area contributed by atoms with Gasteiger partial charge in [-0.1, -0.05) is 12.1 Å². The van der Waals surface area contributed by atoms with Crippen molar-refractivity contribution in [1.29, 1.82) is 0 Å². The number of ether oxygens (including phenoxy) is 3. The van der Waals surface area contributed by atoms with Crippen LogP contribution in [0.3, 0.4) is 0 Å². The van der Waals surface area contributed by atoms with Crippen LogP contribution in [-0.2, 0) is 9.53 Å². The molecule has 0 bridgehead atoms. The van der Waals surface area contributed by atoms with Gasteiger partial charge in [-0.3, -0.25) is 4.79 Å². The van der Waals surface area contributed by atoms with Crippen molar-refractivity contribution in [3.8, 4) is 11.5 Å². The quantitative estimate of drug-likeness (QED) is 0.527. The van der Waals surface area contributed by atoms with Crippen molar-refractivity contribution >= 4 is 5.97 Å². The molecule has 0 spiro atoms. The lowest BCUT2D eigenvalue weighted by Gasteiger charge is -2.09. The Hall–Kier alpha value is -1.71. The van der Waals surface area contributed by atoms with Crippen LogP contribution in [0.2, 0.25) is 0 Å². The molecular formula is C14H20O4. The maximum atomic E-state index is 11.1. The average Bonchev–Trinajstić information content (AvgIpc) is 2.39. The average molecular weight is 252 g/mol. The topological polar surface area (TPSA) is 44.8 Å². The molecule has 0 amide bonds. The molecule has 0 radical (unpaired) electrons. The second kappa shape index (κ2) is 8.39. The number of methoxy groups -OCH3 is 1. The van der Waals surface area contributed by atoms with E-state index in [1.807, 2.05) is 31.2 Å². The Morgan fingerprint density at radius 1 is 1.17 bits per heavy atom. The number of carbonyl (C=O) groups is 1. The second-order valence-electron chi connectivity index (χ2n) is 3.76. The highest BCUT2D eigenvalue weighted by atomic mass is 16.5. The molecule has 0 N–H and O–H groups in total. The first-order valence-corrected chi connectivity index (χ1v) is 6.19. The van der Waals surface area contributed by atoms with Gasteiger partial charge in [0.25, 0.3) is 0 Å². The van der Waals surface area contributed by atoms with Gasteiger partial charge in [0.1, 0.15) is 0 Å². The lowest BCUT2D eigenvalue weighted by molar-refractivity contribution is -0.143. The highest BCUT2D eigenvalue weighted by Crippen LogP contribution is 2.25. The van der Waals surface area contributed by atoms with Crippen LogP contribution in [0.25, 0.3) is 0 Å². The van der Waals surface area contributed by atoms with Crippen LogP contribution in [-0.4, -0.2) is 26.3 Å². The van der Waals surface area contributed by atoms with Gasteiger partial charge in [-0.25, -0.2) is 0 Å². The standard InChI is InChI=1S/C14H20O4/c1-3-17-14(15)10-6-7-11-18-13-9-5-4-8-12(13)16-2/h4-5,8-9H,3,6-7,10-11H2,1-2H3. The summed E-state index contributed by atoms with van der Waals surface area (Å²) in [5.74, 6) is 1.31. The van der Waals surface area contributed by atoms with Gasteiger partial charge in [0.2, 0.25) is 0 Å². The molecule has 0 saturated heterocycles. The van der Waals surface area contributed by atoms with Crippen molar-refractivity contribution in [2.24, 2.45) is 0 Å². The zero-order valence-corrected chi connectivity index (χ0v) is 11.0. The Bertz CT molecular complexity index is 363. The summed E-state index contributed by atoms with van der Waals surface area (Å²) in [5.41, 5.74) is 0. The molecule has 1 rings (SSSR count). The van der Waals surface area contributed by atoms with E-state index in [1.54, 1.807) is 7.11 Å². The van der Waals surface area contributed by atoms with Crippen molar-refractivity contribution in [3.63, 3.8) is 0 Å². The third-order valence-electron chi connectivity index (χ3n) is 2.41. The molecule has 0 heterocycles. The molecule has 1 aromatic carbocycles. The first-order chi connectivity index (χ1) is 8.77. The summed E-state index contributed by atoms with van der Waals surface area (Å²) in [7, 11) is 1.61. The fourth-order valence-electron chi connectivity index (χ4n) is 1.52. The summed E-state index contributed by atoms with van der Waals surface area (Å²) in [6.07, 6.45) is 2.04. The van der Waals surface area contributed by atoms with Gasteiger partial charge in [0, 0.05) is 6.42 Å². The SMILES string of the molecule is CCOC(=O)CCCCOc1ccccc1OC. The van der Waals surface area contributed by atoms with Gasteiger partial charge >= 0.3 is 5.97 Å². The fraction of sp³-hybridized carbons (Fsp3) is 0.500. The number of hydrogen-bond donors (Lipinski definition) is 0. The lowest BCUT2D eigenvalue weighted by Crippen LogP contribution is -2.05. The van der Waals surface area contributed by atoms with Crippen LogP contribution < -0.4 is 9.47 Å². The first-order valence-electron chi connectivity index (χ1n) is 6.19. The molecule has 1 aromatic rings. The summed E-state index contributed by atoms with van der Waals surface area (Å²) in [5, 5.41) is 0. The van der Waals surface area contributed by atoms with E-state index in [-0.39, 0.29) is 5.97 Å². The maximum Gasteiger partial charge on any atom is 0.305 e. The lowest BCUT2D eigenvalue weighted by atomic mass is 10.2. The van der Waals surface area contributed by atoms with Crippen LogP contribution in [0, 0.1) is 0 Å². The van der Waals surface area contributed by atoms with Crippen molar-refractivity contribution < 1.29 is 19.0 Å². The molecule has 0 atom stereocenters. The molecule has 0 aliphatic heterocycles. The number of carbonyl (C=O) groups excluding carboxylic acids is 1. The maximum absolute atomic E-state index is 11.1. The predicted molar refractivity (Wildman–Crippen MR) is 69.0 cm³/mol. The van der Waals surface area contributed by atoms with Gasteiger partial charge in [-0.15, -0.1) is 0 Å². The number of benzene rings is 1. The van der Waals surface area contributed by atoms with E-state index in [4.69, 9.17) is 14.2 Å². The molecule has 0 aromatic heterocycles. The van der Waals surface area contributed by atoms with Crippen LogP contribution in [0.5, 0.6) is 11.5 Å². The highest BCUT2D eigenvalue weighted by Gasteiger charge is 2.03. The molecule has 0 fully saturated rings. The number of unbranched alkanes of at least 4 members (excludes halogenated alkanes) is 1. The molecule has 0 saturated carbocycles. The van der Waals surface area contributed by atoms with Gasteiger partial charge in [0.15, 0.2) is 11.5 Å². The van der Waals surface area contributed by atoms with Crippen LogP contribution >= 0.6 is 0 Å². The number of para-hydroxylation sites is 2. The van der Waals surface area contributed by atoms with E-state index in [0.717, 1.165) is 24.3 Å². The van der Waals surface area contributed by atoms with E-state index in [0.29, 0.717) is 19.6 Å². The molecule has 0 aliphatic carbocycles. The van der Waals surface area contributed by atoms with Crippen LogP contribution in [0.15, 0.2) is 24.3 Å². The molecule has 100 valence electrons. The van der Waals surface area contributed by atoms with Gasteiger partial charge in [0.05, 0.1) is 20.3 Å². The van der Waals surface area contributed by atoms with Gasteiger partial charge in [-0.2, -0.15) is 0 Å². The smallest absolute Gasteiger partial charge is 0.305 e. The summed E-state index contributed by atoms with van der Waals surface area (Å²) in [6.45, 7) is 2.82. The molecule has 0 unspecified atom stereocenters. The van der Waals surface area contributed by atoms with Crippen LogP contribution in [0.1, 0.15) is 26.2 Å². The minimum absolute atomic E-state index is 0.144. The fourth-order valence-corrected chi connectivity index (χ4v) is 1.52. The number of rotatable bonds is 8. The van der Waals surface area contributed by atoms with E-state index < -0.39 is 0 Å². The summed E-state index contributed by atoms with van der Waals surface area (Å²) < 4.78 is 15.6. The van der Waals surface area contributed by atoms with Crippen molar-refractivity contribution in [2.45, 2.75) is 26.2 Å². The molecule has 18 heavy (non-hydrogen) atoms. The van der Waals surface area contributed by atoms with Gasteiger partial charge in [-0.05, 0) is 31.9 Å². The Balaban J connectivity index is 2.19. The number of esters is 1. The Morgan fingerprint density at radius 3 is 2.56 bits per heavy atom. The largest absolute Gasteiger partial charge is 0.493 e. The minimum Gasteiger partial charge on any atom is -0.493 e. The first kappa shape index (κ1) is 14.4. The van der Waals surface area contributed by atoms with E-state index in [2.05, 4.69) is 0 Å². The molecule has 4 nitrogen and oxygen atoms in total. The monoisotopic (exact) mass is 252 g/mol. The Kier molecular flexibility index (Phi) is 6.69. The van der Waals surface area contributed by atoms with E-state index >= 15 is 0 Å². The Morgan fingerprint density at radius 2 is 1.89 bits per heavy atom. The van der Waals surface area contributed by atoms with Crippen molar-refractivity contribution in [1.82, 2.24) is 0 Å². The summed E-state index contributed by atoms with van der Waals surface area (Å²) >= 11 is 0. The summed E-state index contributed by atoms with van der Waals surface area (Å²) in [4.78, 5) is 11.1. The third kappa shape index (κ3) is 5.08. The second-order valence-corrected chi connectivity index (χ2v) is 3.76. The van der Waals surface area contributed by atoms with Crippen molar-refractivity contribution in [3.05, 3.63) is 24.3 Å². The molecular weight excluding hydrogens is 232 g/mol. The zero-order chi connectivity index (χ0) is 13.2. The Labute approximate surface area is 108 Å². The molecule has 0 aliphatic rings. The zero-order valence-electron chi connectivity index (χ0n) is 11.0. The minimum atomic E-state index is -0.144.